The van der Waals surface area contributed by atoms with Gasteiger partial charge in [0.25, 0.3) is 0 Å². The van der Waals surface area contributed by atoms with E-state index in [4.69, 9.17) is 4.74 Å². The van der Waals surface area contributed by atoms with E-state index in [0.29, 0.717) is 11.3 Å². The number of ketones is 1. The van der Waals surface area contributed by atoms with Gasteiger partial charge in [0.1, 0.15) is 11.7 Å². The average molecular weight is 477 g/mol. The van der Waals surface area contributed by atoms with Gasteiger partial charge in [0.15, 0.2) is 5.78 Å². The summed E-state index contributed by atoms with van der Waals surface area (Å²) >= 11 is 0. The average Bonchev–Trinajstić information content (AvgIpc) is 3.12. The number of benzene rings is 2. The molecule has 1 aliphatic rings. The molecule has 0 fully saturated rings. The fraction of sp³-hybridized carbons (Fsp3) is 0.562. The van der Waals surface area contributed by atoms with E-state index < -0.39 is 5.92 Å². The number of esters is 1. The van der Waals surface area contributed by atoms with Crippen molar-refractivity contribution in [2.24, 2.45) is 11.8 Å². The lowest BCUT2D eigenvalue weighted by Gasteiger charge is -2.15. The molecule has 3 heteroatoms. The van der Waals surface area contributed by atoms with Crippen LogP contribution in [0.15, 0.2) is 36.4 Å². The fourth-order valence-corrected chi connectivity index (χ4v) is 5.10. The maximum atomic E-state index is 13.0. The monoisotopic (exact) mass is 476 g/mol. The fourth-order valence-electron chi connectivity index (χ4n) is 5.10. The molecule has 0 saturated carbocycles. The molecule has 0 radical (unpaired) electrons. The van der Waals surface area contributed by atoms with Crippen LogP contribution in [-0.2, 0) is 17.6 Å². The van der Waals surface area contributed by atoms with Gasteiger partial charge in [-0.25, -0.2) is 0 Å². The van der Waals surface area contributed by atoms with Crippen molar-refractivity contribution in [2.75, 3.05) is 0 Å². The summed E-state index contributed by atoms with van der Waals surface area (Å²) in [5, 5.41) is 0. The number of Topliss-reactive ketones (excluding diaryl/α,β-unsaturated/α-hetero) is 1. The number of unbranched alkanes of at least 4 members (excludes halogenated alkanes) is 4. The van der Waals surface area contributed by atoms with Gasteiger partial charge < -0.3 is 4.74 Å². The maximum Gasteiger partial charge on any atom is 0.323 e. The summed E-state index contributed by atoms with van der Waals surface area (Å²) in [6.07, 6.45) is 11.7. The van der Waals surface area contributed by atoms with Gasteiger partial charge in [0.05, 0.1) is 0 Å². The molecule has 0 aliphatic carbocycles. The van der Waals surface area contributed by atoms with Crippen molar-refractivity contribution >= 4 is 11.8 Å². The number of ether oxygens (including phenoxy) is 1. The first-order valence-electron chi connectivity index (χ1n) is 13.7. The Balaban J connectivity index is 1.77. The van der Waals surface area contributed by atoms with Gasteiger partial charge >= 0.3 is 5.97 Å². The van der Waals surface area contributed by atoms with Crippen LogP contribution in [0.25, 0.3) is 0 Å². The van der Waals surface area contributed by atoms with Crippen LogP contribution >= 0.6 is 0 Å². The van der Waals surface area contributed by atoms with Crippen LogP contribution in [0.3, 0.4) is 0 Å². The highest BCUT2D eigenvalue weighted by Gasteiger charge is 2.36. The summed E-state index contributed by atoms with van der Waals surface area (Å²) < 4.78 is 5.66. The molecule has 0 bridgehead atoms. The molecular formula is C32H44O3. The molecule has 2 aromatic carbocycles. The number of hydrogen-bond donors (Lipinski definition) is 0. The van der Waals surface area contributed by atoms with E-state index in [2.05, 4.69) is 52.0 Å². The van der Waals surface area contributed by atoms with E-state index in [1.807, 2.05) is 12.1 Å². The molecule has 3 rings (SSSR count). The van der Waals surface area contributed by atoms with E-state index in [9.17, 15) is 9.59 Å². The minimum absolute atomic E-state index is 0.00830. The largest absolute Gasteiger partial charge is 0.425 e. The number of fused-ring (bicyclic) bond motifs is 1. The third-order valence-electron chi connectivity index (χ3n) is 7.13. The lowest BCUT2D eigenvalue weighted by Crippen LogP contribution is -2.15. The Bertz CT molecular complexity index is 1000. The lowest BCUT2D eigenvalue weighted by molar-refractivity contribution is -0.133. The van der Waals surface area contributed by atoms with Gasteiger partial charge in [-0.05, 0) is 67.2 Å². The molecule has 190 valence electrons. The zero-order valence-electron chi connectivity index (χ0n) is 22.5. The molecule has 1 atom stereocenters. The van der Waals surface area contributed by atoms with Crippen molar-refractivity contribution in [1.29, 1.82) is 0 Å². The number of carbonyl (C=O) groups is 2. The van der Waals surface area contributed by atoms with Gasteiger partial charge in [-0.1, -0.05) is 96.6 Å². The molecule has 1 aliphatic heterocycles. The van der Waals surface area contributed by atoms with Crippen LogP contribution in [-0.4, -0.2) is 11.8 Å². The summed E-state index contributed by atoms with van der Waals surface area (Å²) in [7, 11) is 0. The first-order valence-corrected chi connectivity index (χ1v) is 13.7. The zero-order chi connectivity index (χ0) is 25.4. The Labute approximate surface area is 212 Å². The van der Waals surface area contributed by atoms with Crippen LogP contribution in [0, 0.1) is 11.8 Å². The Morgan fingerprint density at radius 3 is 1.86 bits per heavy atom. The van der Waals surface area contributed by atoms with E-state index >= 15 is 0 Å². The Morgan fingerprint density at radius 1 is 0.771 bits per heavy atom. The summed E-state index contributed by atoms with van der Waals surface area (Å²) in [5.41, 5.74) is 4.77. The highest BCUT2D eigenvalue weighted by atomic mass is 16.5. The van der Waals surface area contributed by atoms with Crippen molar-refractivity contribution in [3.05, 3.63) is 64.2 Å². The van der Waals surface area contributed by atoms with Crippen molar-refractivity contribution in [1.82, 2.24) is 0 Å². The lowest BCUT2D eigenvalue weighted by atomic mass is 9.85. The molecule has 2 aromatic rings. The zero-order valence-corrected chi connectivity index (χ0v) is 22.5. The van der Waals surface area contributed by atoms with Crippen molar-refractivity contribution < 1.29 is 14.3 Å². The third kappa shape index (κ3) is 7.78. The molecule has 1 unspecified atom stereocenters. The Hall–Kier alpha value is -2.42. The highest BCUT2D eigenvalue weighted by molar-refractivity contribution is 5.99. The molecule has 35 heavy (non-hydrogen) atoms. The second-order valence-corrected chi connectivity index (χ2v) is 11.2. The number of carbonyl (C=O) groups excluding carboxylic acids is 2. The number of hydrogen-bond acceptors (Lipinski definition) is 3. The van der Waals surface area contributed by atoms with Gasteiger partial charge in [-0.15, -0.1) is 0 Å². The molecular weight excluding hydrogens is 432 g/mol. The van der Waals surface area contributed by atoms with Crippen molar-refractivity contribution in [2.45, 2.75) is 105 Å². The molecule has 0 N–H and O–H groups in total. The van der Waals surface area contributed by atoms with Crippen LogP contribution < -0.4 is 4.74 Å². The van der Waals surface area contributed by atoms with Crippen LogP contribution in [0.4, 0.5) is 0 Å². The summed E-state index contributed by atoms with van der Waals surface area (Å²) in [5.74, 6) is 1.33. The van der Waals surface area contributed by atoms with E-state index in [1.54, 1.807) is 6.92 Å². The molecule has 0 aromatic heterocycles. The van der Waals surface area contributed by atoms with Gasteiger partial charge in [-0.2, -0.15) is 0 Å². The number of aryl methyl sites for hydroxylation is 2. The van der Waals surface area contributed by atoms with Crippen molar-refractivity contribution in [3.8, 4) is 5.75 Å². The molecule has 0 amide bonds. The van der Waals surface area contributed by atoms with Gasteiger partial charge in [0.2, 0.25) is 0 Å². The Kier molecular flexibility index (Phi) is 10.1. The SMILES string of the molecule is CC(=O)c1ccc(CCCCCC(C)C)cc1C1C(=O)Oc2ccc(CCCCCC(C)C)cc21. The van der Waals surface area contributed by atoms with Crippen LogP contribution in [0.2, 0.25) is 0 Å². The normalized spacial score (nSPS) is 15.1. The summed E-state index contributed by atoms with van der Waals surface area (Å²) in [6.45, 7) is 10.7. The Morgan fingerprint density at radius 2 is 1.31 bits per heavy atom. The standard InChI is InChI=1S/C32H44O3/c1-22(2)12-8-6-10-14-25-16-18-27(24(5)33)28(20-25)31-29-21-26(15-11-7-9-13-23(3)4)17-19-30(29)35-32(31)34/h16-23,31H,6-15H2,1-5H3. The first-order chi connectivity index (χ1) is 16.8. The molecule has 3 nitrogen and oxygen atoms in total. The highest BCUT2D eigenvalue weighted by Crippen LogP contribution is 2.41. The minimum Gasteiger partial charge on any atom is -0.425 e. The van der Waals surface area contributed by atoms with Crippen LogP contribution in [0.5, 0.6) is 5.75 Å². The van der Waals surface area contributed by atoms with E-state index in [-0.39, 0.29) is 11.8 Å². The smallest absolute Gasteiger partial charge is 0.323 e. The molecule has 0 spiro atoms. The van der Waals surface area contributed by atoms with Crippen LogP contribution in [0.1, 0.15) is 125 Å². The molecule has 1 heterocycles. The van der Waals surface area contributed by atoms with E-state index in [0.717, 1.165) is 48.6 Å². The number of rotatable bonds is 14. The second-order valence-electron chi connectivity index (χ2n) is 11.2. The predicted molar refractivity (Wildman–Crippen MR) is 144 cm³/mol. The third-order valence-corrected chi connectivity index (χ3v) is 7.13. The maximum absolute atomic E-state index is 13.0. The van der Waals surface area contributed by atoms with Gasteiger partial charge in [-0.3, -0.25) is 9.59 Å². The van der Waals surface area contributed by atoms with Crippen molar-refractivity contribution in [3.63, 3.8) is 0 Å². The summed E-state index contributed by atoms with van der Waals surface area (Å²) in [6, 6.07) is 12.2. The van der Waals surface area contributed by atoms with E-state index in [1.165, 1.54) is 49.7 Å². The predicted octanol–water partition coefficient (Wildman–Crippen LogP) is 8.46. The summed E-state index contributed by atoms with van der Waals surface area (Å²) in [4.78, 5) is 25.5. The molecule has 0 saturated heterocycles. The topological polar surface area (TPSA) is 43.4 Å². The second kappa shape index (κ2) is 13.0. The van der Waals surface area contributed by atoms with Gasteiger partial charge in [0, 0.05) is 11.1 Å². The first kappa shape index (κ1) is 27.2. The quantitative estimate of drug-likeness (QED) is 0.119. The minimum atomic E-state index is -0.523.